The van der Waals surface area contributed by atoms with Crippen molar-refractivity contribution < 1.29 is 29.0 Å². The largest absolute Gasteiger partial charge is 0.477 e. The Kier molecular flexibility index (Phi) is 6.02. The summed E-state index contributed by atoms with van der Waals surface area (Å²) in [7, 11) is 0. The average Bonchev–Trinajstić information content (AvgIpc) is 2.99. The van der Waals surface area contributed by atoms with E-state index < -0.39 is 35.4 Å². The maximum atomic E-state index is 13.1. The Morgan fingerprint density at radius 1 is 1.27 bits per heavy atom. The first-order chi connectivity index (χ1) is 14.2. The van der Waals surface area contributed by atoms with Crippen molar-refractivity contribution in [1.29, 1.82) is 0 Å². The molecule has 1 saturated heterocycles. The fraction of sp³-hybridized carbons (Fsp3) is 0.333. The number of rotatable bonds is 7. The maximum absolute atomic E-state index is 13.1. The van der Waals surface area contributed by atoms with E-state index in [1.807, 2.05) is 6.07 Å². The topological polar surface area (TPSA) is 113 Å². The number of nitrogens with zero attached hydrogens (tertiary/aromatic N) is 1. The Morgan fingerprint density at radius 2 is 1.93 bits per heavy atom. The molecule has 0 spiro atoms. The lowest BCUT2D eigenvalue weighted by Gasteiger charge is -2.50. The minimum absolute atomic E-state index is 0.0723. The molecule has 0 saturated carbocycles. The van der Waals surface area contributed by atoms with E-state index in [-0.39, 0.29) is 11.6 Å². The molecule has 158 valence electrons. The van der Waals surface area contributed by atoms with Gasteiger partial charge in [-0.05, 0) is 17.9 Å². The third-order valence-corrected chi connectivity index (χ3v) is 6.10. The van der Waals surface area contributed by atoms with Gasteiger partial charge in [-0.25, -0.2) is 4.79 Å². The smallest absolute Gasteiger partial charge is 0.353 e. The standard InChI is InChI=1S/C21H22N2O6S/c1-12(24)22-9-10-30-16-11-15-17(19(26)23(15)18(16)20(27)28)21(3,29-13(2)25)14-7-5-4-6-8-14/h4-10,15,17H,11H2,1-3H3,(H,22,24)(H,27,28)/t15-,17-,21-/m1/s1. The van der Waals surface area contributed by atoms with E-state index in [1.165, 1.54) is 24.9 Å². The molecule has 1 aromatic carbocycles. The lowest BCUT2D eigenvalue weighted by molar-refractivity contribution is -0.187. The predicted molar refractivity (Wildman–Crippen MR) is 110 cm³/mol. The first-order valence-electron chi connectivity index (χ1n) is 9.30. The minimum atomic E-state index is -1.22. The highest BCUT2D eigenvalue weighted by Gasteiger charge is 2.63. The minimum Gasteiger partial charge on any atom is -0.477 e. The molecular formula is C21H22N2O6S. The number of carboxylic acids is 1. The molecule has 30 heavy (non-hydrogen) atoms. The second kappa shape index (κ2) is 8.35. The molecule has 8 nitrogen and oxygen atoms in total. The second-order valence-electron chi connectivity index (χ2n) is 7.22. The fourth-order valence-electron chi connectivity index (χ4n) is 4.02. The highest BCUT2D eigenvalue weighted by atomic mass is 32.2. The fourth-order valence-corrected chi connectivity index (χ4v) is 4.88. The molecule has 1 fully saturated rings. The predicted octanol–water partition coefficient (Wildman–Crippen LogP) is 2.33. The van der Waals surface area contributed by atoms with Crippen molar-refractivity contribution in [2.45, 2.75) is 38.8 Å². The summed E-state index contributed by atoms with van der Waals surface area (Å²) in [6.07, 6.45) is 1.73. The summed E-state index contributed by atoms with van der Waals surface area (Å²) in [5.41, 5.74) is -0.625. The van der Waals surface area contributed by atoms with Gasteiger partial charge in [0.2, 0.25) is 11.8 Å². The van der Waals surface area contributed by atoms with E-state index in [0.717, 1.165) is 11.8 Å². The summed E-state index contributed by atoms with van der Waals surface area (Å²) in [6, 6.07) is 8.53. The van der Waals surface area contributed by atoms with E-state index in [9.17, 15) is 24.3 Å². The van der Waals surface area contributed by atoms with Gasteiger partial charge < -0.3 is 20.1 Å². The summed E-state index contributed by atoms with van der Waals surface area (Å²) < 4.78 is 5.64. The quantitative estimate of drug-likeness (QED) is 0.504. The van der Waals surface area contributed by atoms with Crippen LogP contribution in [0.1, 0.15) is 32.8 Å². The molecule has 0 aliphatic carbocycles. The van der Waals surface area contributed by atoms with Gasteiger partial charge in [-0.15, -0.1) is 0 Å². The molecule has 3 rings (SSSR count). The molecule has 0 aromatic heterocycles. The lowest BCUT2D eigenvalue weighted by atomic mass is 9.71. The Balaban J connectivity index is 1.90. The van der Waals surface area contributed by atoms with Crippen LogP contribution < -0.4 is 5.32 Å². The highest BCUT2D eigenvalue weighted by Crippen LogP contribution is 2.53. The number of carboxylic acid groups (broad SMARTS) is 1. The summed E-state index contributed by atoms with van der Waals surface area (Å²) in [5, 5.41) is 13.7. The Morgan fingerprint density at radius 3 is 2.50 bits per heavy atom. The monoisotopic (exact) mass is 430 g/mol. The molecular weight excluding hydrogens is 408 g/mol. The van der Waals surface area contributed by atoms with Crippen molar-refractivity contribution in [1.82, 2.24) is 10.2 Å². The van der Waals surface area contributed by atoms with Crippen molar-refractivity contribution in [3.63, 3.8) is 0 Å². The summed E-state index contributed by atoms with van der Waals surface area (Å²) in [5.74, 6) is -3.08. The second-order valence-corrected chi connectivity index (χ2v) is 8.22. The number of carbonyl (C=O) groups excluding carboxylic acids is 3. The number of thioether (sulfide) groups is 1. The Labute approximate surface area is 178 Å². The van der Waals surface area contributed by atoms with Gasteiger partial charge >= 0.3 is 11.9 Å². The van der Waals surface area contributed by atoms with Crippen molar-refractivity contribution in [2.75, 3.05) is 0 Å². The van der Waals surface area contributed by atoms with Gasteiger partial charge in [0, 0.05) is 31.4 Å². The molecule has 0 radical (unpaired) electrons. The van der Waals surface area contributed by atoms with E-state index >= 15 is 0 Å². The number of benzene rings is 1. The van der Waals surface area contributed by atoms with Gasteiger partial charge in [-0.2, -0.15) is 0 Å². The number of hydrogen-bond donors (Lipinski definition) is 2. The van der Waals surface area contributed by atoms with Crippen LogP contribution in [-0.2, 0) is 29.5 Å². The number of carbonyl (C=O) groups is 4. The van der Waals surface area contributed by atoms with Crippen LogP contribution in [-0.4, -0.2) is 39.8 Å². The van der Waals surface area contributed by atoms with E-state index in [1.54, 1.807) is 36.6 Å². The number of esters is 1. The van der Waals surface area contributed by atoms with Crippen molar-refractivity contribution in [3.8, 4) is 0 Å². The zero-order valence-corrected chi connectivity index (χ0v) is 17.6. The number of aliphatic carboxylic acids is 1. The lowest BCUT2D eigenvalue weighted by Crippen LogP contribution is -2.65. The molecule has 9 heteroatoms. The normalized spacial score (nSPS) is 22.4. The van der Waals surface area contributed by atoms with Crippen LogP contribution in [0.4, 0.5) is 0 Å². The van der Waals surface area contributed by atoms with E-state index in [2.05, 4.69) is 5.32 Å². The van der Waals surface area contributed by atoms with Crippen molar-refractivity contribution in [2.24, 2.45) is 5.92 Å². The molecule has 2 aliphatic rings. The first kappa shape index (κ1) is 21.6. The molecule has 2 heterocycles. The Hall–Kier alpha value is -3.07. The number of ether oxygens (including phenoxy) is 1. The van der Waals surface area contributed by atoms with Gasteiger partial charge in [-0.3, -0.25) is 14.4 Å². The van der Waals surface area contributed by atoms with Gasteiger partial charge in [0.25, 0.3) is 0 Å². The maximum Gasteiger partial charge on any atom is 0.353 e. The number of nitrogens with one attached hydrogen (secondary N) is 1. The molecule has 0 bridgehead atoms. The van der Waals surface area contributed by atoms with E-state index in [4.69, 9.17) is 4.74 Å². The van der Waals surface area contributed by atoms with E-state index in [0.29, 0.717) is 16.9 Å². The third-order valence-electron chi connectivity index (χ3n) is 5.18. The summed E-state index contributed by atoms with van der Waals surface area (Å²) in [6.45, 7) is 4.33. The van der Waals surface area contributed by atoms with Crippen molar-refractivity contribution >= 4 is 35.5 Å². The molecule has 1 aromatic rings. The van der Waals surface area contributed by atoms with Crippen molar-refractivity contribution in [3.05, 3.63) is 58.1 Å². The molecule has 0 unspecified atom stereocenters. The average molecular weight is 430 g/mol. The summed E-state index contributed by atoms with van der Waals surface area (Å²) in [4.78, 5) is 49.5. The zero-order chi connectivity index (χ0) is 22.1. The van der Waals surface area contributed by atoms with Crippen LogP contribution in [0.2, 0.25) is 0 Å². The number of hydrogen-bond acceptors (Lipinski definition) is 6. The highest BCUT2D eigenvalue weighted by molar-refractivity contribution is 8.05. The molecule has 2 amide bonds. The Bertz CT molecular complexity index is 958. The van der Waals surface area contributed by atoms with Crippen LogP contribution in [0.3, 0.4) is 0 Å². The van der Waals surface area contributed by atoms with Crippen LogP contribution in [0.15, 0.2) is 52.5 Å². The van der Waals surface area contributed by atoms with Crippen LogP contribution in [0.5, 0.6) is 0 Å². The van der Waals surface area contributed by atoms with Crippen LogP contribution in [0, 0.1) is 5.92 Å². The van der Waals surface area contributed by atoms with Crippen LogP contribution >= 0.6 is 11.8 Å². The molecule has 3 atom stereocenters. The van der Waals surface area contributed by atoms with Crippen LogP contribution in [0.25, 0.3) is 0 Å². The molecule has 2 aliphatic heterocycles. The third kappa shape index (κ3) is 3.85. The number of fused-ring (bicyclic) bond motifs is 1. The van der Waals surface area contributed by atoms with Gasteiger partial charge in [-0.1, -0.05) is 42.1 Å². The summed E-state index contributed by atoms with van der Waals surface area (Å²) >= 11 is 1.14. The SMILES string of the molecule is CC(=O)NC=CSC1=C(C(=O)O)N2C(=O)[C@H]([C@](C)(OC(C)=O)c3ccccc3)[C@H]2C1. The first-order valence-corrected chi connectivity index (χ1v) is 10.2. The van der Waals surface area contributed by atoms with Gasteiger partial charge in [0.05, 0.1) is 6.04 Å². The molecule has 2 N–H and O–H groups in total. The van der Waals surface area contributed by atoms with Gasteiger partial charge in [0.15, 0.2) is 0 Å². The van der Waals surface area contributed by atoms with Gasteiger partial charge in [0.1, 0.15) is 17.2 Å². The number of β-lactam (4-membered cyclic amide) rings is 1. The zero-order valence-electron chi connectivity index (χ0n) is 16.7. The number of amides is 2.